The van der Waals surface area contributed by atoms with Crippen LogP contribution in [0.3, 0.4) is 0 Å². The molecule has 0 radical (unpaired) electrons. The molecule has 1 aromatic rings. The topological polar surface area (TPSA) is 76.7 Å². The second kappa shape index (κ2) is 5.81. The first-order valence-corrected chi connectivity index (χ1v) is 6.38. The molecule has 2 rings (SSSR count). The Hall–Kier alpha value is -2.24. The van der Waals surface area contributed by atoms with Crippen molar-refractivity contribution in [1.82, 2.24) is 10.9 Å². The van der Waals surface area contributed by atoms with Crippen LogP contribution in [0, 0.1) is 11.8 Å². The van der Waals surface area contributed by atoms with Crippen LogP contribution in [0.25, 0.3) is 0 Å². The van der Waals surface area contributed by atoms with Crippen LogP contribution < -0.4 is 20.3 Å². The van der Waals surface area contributed by atoms with Crippen molar-refractivity contribution in [2.75, 3.05) is 14.2 Å². The Morgan fingerprint density at radius 3 is 2.10 bits per heavy atom. The van der Waals surface area contributed by atoms with Crippen molar-refractivity contribution in [3.05, 3.63) is 23.8 Å². The molecular weight excluding hydrogens is 260 g/mol. The second-order valence-electron chi connectivity index (χ2n) is 4.86. The number of benzene rings is 1. The normalized spacial score (nSPS) is 19.9. The first kappa shape index (κ1) is 14.2. The van der Waals surface area contributed by atoms with Crippen molar-refractivity contribution in [3.8, 4) is 11.5 Å². The zero-order valence-electron chi connectivity index (χ0n) is 11.7. The van der Waals surface area contributed by atoms with Gasteiger partial charge in [-0.2, -0.15) is 0 Å². The maximum Gasteiger partial charge on any atom is 0.269 e. The Bertz CT molecular complexity index is 508. The summed E-state index contributed by atoms with van der Waals surface area (Å²) in [6.07, 6.45) is 0.870. The van der Waals surface area contributed by atoms with Crippen LogP contribution in [0.1, 0.15) is 23.7 Å². The summed E-state index contributed by atoms with van der Waals surface area (Å²) in [4.78, 5) is 23.6. The van der Waals surface area contributed by atoms with Gasteiger partial charge in [0.15, 0.2) is 0 Å². The molecule has 2 atom stereocenters. The molecule has 108 valence electrons. The van der Waals surface area contributed by atoms with Crippen molar-refractivity contribution >= 4 is 11.8 Å². The largest absolute Gasteiger partial charge is 0.497 e. The molecule has 0 spiro atoms. The third-order valence-electron chi connectivity index (χ3n) is 3.36. The lowest BCUT2D eigenvalue weighted by Gasteiger charge is -2.10. The molecule has 0 unspecified atom stereocenters. The van der Waals surface area contributed by atoms with E-state index in [0.717, 1.165) is 6.42 Å². The first-order chi connectivity index (χ1) is 9.55. The molecule has 2 N–H and O–H groups in total. The average Bonchev–Trinajstić information content (AvgIpc) is 3.20. The standard InChI is InChI=1S/C14H18N2O4/c1-8-4-12(8)14(18)16-15-13(17)9-5-10(19-2)7-11(6-9)20-3/h5-8,12H,4H2,1-3H3,(H,15,17)(H,16,18)/t8-,12+/m1/s1. The molecule has 6 heteroatoms. The van der Waals surface area contributed by atoms with E-state index in [1.165, 1.54) is 14.2 Å². The van der Waals surface area contributed by atoms with E-state index in [0.29, 0.717) is 23.0 Å². The predicted molar refractivity (Wildman–Crippen MR) is 72.4 cm³/mol. The third-order valence-corrected chi connectivity index (χ3v) is 3.36. The maximum absolute atomic E-state index is 12.0. The van der Waals surface area contributed by atoms with Crippen molar-refractivity contribution < 1.29 is 19.1 Å². The molecule has 1 saturated carbocycles. The van der Waals surface area contributed by atoms with Gasteiger partial charge >= 0.3 is 0 Å². The minimum absolute atomic E-state index is 0.00939. The van der Waals surface area contributed by atoms with E-state index in [-0.39, 0.29) is 11.8 Å². The second-order valence-corrected chi connectivity index (χ2v) is 4.86. The van der Waals surface area contributed by atoms with Crippen LogP contribution in [0.4, 0.5) is 0 Å². The van der Waals surface area contributed by atoms with E-state index in [2.05, 4.69) is 10.9 Å². The zero-order valence-corrected chi connectivity index (χ0v) is 11.7. The predicted octanol–water partition coefficient (Wildman–Crippen LogP) is 1.12. The van der Waals surface area contributed by atoms with Crippen LogP contribution >= 0.6 is 0 Å². The van der Waals surface area contributed by atoms with Gasteiger partial charge in [-0.3, -0.25) is 20.4 Å². The number of amides is 2. The van der Waals surface area contributed by atoms with Gasteiger partial charge < -0.3 is 9.47 Å². The number of ether oxygens (including phenoxy) is 2. The molecule has 20 heavy (non-hydrogen) atoms. The third kappa shape index (κ3) is 3.20. The molecule has 0 aliphatic heterocycles. The summed E-state index contributed by atoms with van der Waals surface area (Å²) >= 11 is 0. The Morgan fingerprint density at radius 1 is 1.10 bits per heavy atom. The minimum atomic E-state index is -0.413. The smallest absolute Gasteiger partial charge is 0.269 e. The Balaban J connectivity index is 1.99. The van der Waals surface area contributed by atoms with E-state index in [9.17, 15) is 9.59 Å². The quantitative estimate of drug-likeness (QED) is 0.809. The minimum Gasteiger partial charge on any atom is -0.497 e. The Kier molecular flexibility index (Phi) is 4.12. The van der Waals surface area contributed by atoms with Crippen LogP contribution in [0.2, 0.25) is 0 Å². The van der Waals surface area contributed by atoms with Gasteiger partial charge in [-0.25, -0.2) is 0 Å². The van der Waals surface area contributed by atoms with Gasteiger partial charge in [0.25, 0.3) is 5.91 Å². The molecule has 1 fully saturated rings. The molecule has 1 aromatic carbocycles. The van der Waals surface area contributed by atoms with E-state index in [1.807, 2.05) is 6.92 Å². The molecule has 0 saturated heterocycles. The van der Waals surface area contributed by atoms with Crippen molar-refractivity contribution in [1.29, 1.82) is 0 Å². The first-order valence-electron chi connectivity index (χ1n) is 6.38. The van der Waals surface area contributed by atoms with Gasteiger partial charge in [0.1, 0.15) is 11.5 Å². The van der Waals surface area contributed by atoms with Crippen molar-refractivity contribution in [2.45, 2.75) is 13.3 Å². The van der Waals surface area contributed by atoms with E-state index >= 15 is 0 Å². The van der Waals surface area contributed by atoms with Crippen molar-refractivity contribution in [2.24, 2.45) is 11.8 Å². The molecule has 6 nitrogen and oxygen atoms in total. The molecule has 0 aromatic heterocycles. The SMILES string of the molecule is COc1cc(OC)cc(C(=O)NNC(=O)[C@H]2C[C@H]2C)c1. The number of hydrogen-bond donors (Lipinski definition) is 2. The molecule has 1 aliphatic rings. The van der Waals surface area contributed by atoms with Crippen LogP contribution in [-0.2, 0) is 4.79 Å². The summed E-state index contributed by atoms with van der Waals surface area (Å²) in [6, 6.07) is 4.81. The lowest BCUT2D eigenvalue weighted by atomic mass is 10.2. The van der Waals surface area contributed by atoms with Crippen molar-refractivity contribution in [3.63, 3.8) is 0 Å². The summed E-state index contributed by atoms with van der Waals surface area (Å²) in [5, 5.41) is 0. The number of hydrogen-bond acceptors (Lipinski definition) is 4. The highest BCUT2D eigenvalue weighted by Gasteiger charge is 2.39. The summed E-state index contributed by atoms with van der Waals surface area (Å²) in [5.41, 5.74) is 5.17. The Labute approximate surface area is 117 Å². The molecule has 0 bridgehead atoms. The highest BCUT2D eigenvalue weighted by atomic mass is 16.5. The number of methoxy groups -OCH3 is 2. The fourth-order valence-electron chi connectivity index (χ4n) is 1.91. The number of hydrazine groups is 1. The zero-order chi connectivity index (χ0) is 14.7. The summed E-state index contributed by atoms with van der Waals surface area (Å²) < 4.78 is 10.2. The van der Waals surface area contributed by atoms with Crippen LogP contribution in [0.15, 0.2) is 18.2 Å². The van der Waals surface area contributed by atoms with Gasteiger partial charge in [0, 0.05) is 17.5 Å². The summed E-state index contributed by atoms with van der Waals surface area (Å²) in [6.45, 7) is 2.00. The molecule has 2 amide bonds. The lowest BCUT2D eigenvalue weighted by molar-refractivity contribution is -0.123. The number of rotatable bonds is 4. The summed E-state index contributed by atoms with van der Waals surface area (Å²) in [7, 11) is 3.01. The number of carbonyl (C=O) groups is 2. The van der Waals surface area contributed by atoms with E-state index in [1.54, 1.807) is 18.2 Å². The monoisotopic (exact) mass is 278 g/mol. The molecule has 0 heterocycles. The van der Waals surface area contributed by atoms with Crippen LogP contribution in [0.5, 0.6) is 11.5 Å². The molecular formula is C14H18N2O4. The summed E-state index contributed by atoms with van der Waals surface area (Å²) in [5.74, 6) is 0.858. The fourth-order valence-corrected chi connectivity index (χ4v) is 1.91. The average molecular weight is 278 g/mol. The van der Waals surface area contributed by atoms with E-state index in [4.69, 9.17) is 9.47 Å². The lowest BCUT2D eigenvalue weighted by Crippen LogP contribution is -2.42. The van der Waals surface area contributed by atoms with Gasteiger partial charge in [-0.1, -0.05) is 6.92 Å². The van der Waals surface area contributed by atoms with Gasteiger partial charge in [-0.15, -0.1) is 0 Å². The Morgan fingerprint density at radius 2 is 1.65 bits per heavy atom. The maximum atomic E-state index is 12.0. The number of nitrogens with one attached hydrogen (secondary N) is 2. The van der Waals surface area contributed by atoms with E-state index < -0.39 is 5.91 Å². The van der Waals surface area contributed by atoms with Crippen LogP contribution in [-0.4, -0.2) is 26.0 Å². The van der Waals surface area contributed by atoms with Gasteiger partial charge in [-0.05, 0) is 24.5 Å². The molecule has 1 aliphatic carbocycles. The fraction of sp³-hybridized carbons (Fsp3) is 0.429. The highest BCUT2D eigenvalue weighted by molar-refractivity contribution is 5.96. The van der Waals surface area contributed by atoms with Gasteiger partial charge in [0.05, 0.1) is 14.2 Å². The van der Waals surface area contributed by atoms with Gasteiger partial charge in [0.2, 0.25) is 5.91 Å². The highest BCUT2D eigenvalue weighted by Crippen LogP contribution is 2.37. The number of carbonyl (C=O) groups excluding carboxylic acids is 2.